The van der Waals surface area contributed by atoms with Gasteiger partial charge in [-0.3, -0.25) is 0 Å². The molecule has 0 saturated heterocycles. The van der Waals surface area contributed by atoms with Crippen LogP contribution in [0.15, 0.2) is 35.4 Å². The van der Waals surface area contributed by atoms with Crippen LogP contribution in [0.4, 0.5) is 13.2 Å². The van der Waals surface area contributed by atoms with Crippen molar-refractivity contribution >= 4 is 0 Å². The molecule has 1 saturated carbocycles. The minimum absolute atomic E-state index is 0.0852. The molecule has 3 heteroatoms. The second kappa shape index (κ2) is 6.09. The molecule has 0 N–H and O–H groups in total. The van der Waals surface area contributed by atoms with Gasteiger partial charge in [0.25, 0.3) is 0 Å². The van der Waals surface area contributed by atoms with Crippen molar-refractivity contribution in [1.29, 1.82) is 0 Å². The van der Waals surface area contributed by atoms with Gasteiger partial charge in [0.15, 0.2) is 5.83 Å². The monoisotopic (exact) mass is 342 g/mol. The SMILES string of the molecule is CC#Cc1ccc2c(c1F)C1C(F)=C(F)C(C3CCC(C)CC3)=CC21. The highest BCUT2D eigenvalue weighted by Crippen LogP contribution is 2.58. The van der Waals surface area contributed by atoms with Gasteiger partial charge in [-0.05, 0) is 48.8 Å². The van der Waals surface area contributed by atoms with Gasteiger partial charge in [-0.25, -0.2) is 13.2 Å². The van der Waals surface area contributed by atoms with Crippen LogP contribution < -0.4 is 0 Å². The summed E-state index contributed by atoms with van der Waals surface area (Å²) in [5.74, 6) is 2.97. The molecule has 0 radical (unpaired) electrons. The lowest BCUT2D eigenvalue weighted by atomic mass is 9.62. The number of halogens is 3. The van der Waals surface area contributed by atoms with Crippen molar-refractivity contribution in [2.45, 2.75) is 51.4 Å². The third-order valence-corrected chi connectivity index (χ3v) is 6.05. The number of allylic oxidation sites excluding steroid dienone is 4. The number of hydrogen-bond acceptors (Lipinski definition) is 0. The molecular formula is C22H21F3. The lowest BCUT2D eigenvalue weighted by Gasteiger charge is -2.42. The fourth-order valence-corrected chi connectivity index (χ4v) is 4.61. The van der Waals surface area contributed by atoms with Crippen LogP contribution in [0.3, 0.4) is 0 Å². The van der Waals surface area contributed by atoms with Gasteiger partial charge in [-0.15, -0.1) is 5.92 Å². The molecule has 0 spiro atoms. The van der Waals surface area contributed by atoms with Crippen molar-refractivity contribution in [1.82, 2.24) is 0 Å². The van der Waals surface area contributed by atoms with Crippen LogP contribution in [-0.2, 0) is 0 Å². The molecule has 1 aromatic carbocycles. The highest BCUT2D eigenvalue weighted by atomic mass is 19.2. The summed E-state index contributed by atoms with van der Waals surface area (Å²) >= 11 is 0. The van der Waals surface area contributed by atoms with E-state index in [1.807, 2.05) is 12.1 Å². The third-order valence-electron chi connectivity index (χ3n) is 6.05. The van der Waals surface area contributed by atoms with Crippen molar-refractivity contribution in [2.75, 3.05) is 0 Å². The molecule has 1 fully saturated rings. The van der Waals surface area contributed by atoms with Crippen LogP contribution in [-0.4, -0.2) is 0 Å². The van der Waals surface area contributed by atoms with Crippen LogP contribution in [0.5, 0.6) is 0 Å². The highest BCUT2D eigenvalue weighted by Gasteiger charge is 2.47. The predicted molar refractivity (Wildman–Crippen MR) is 92.9 cm³/mol. The molecule has 0 bridgehead atoms. The maximum Gasteiger partial charge on any atom is 0.158 e. The van der Waals surface area contributed by atoms with Crippen molar-refractivity contribution in [3.63, 3.8) is 0 Å². The molecule has 0 amide bonds. The quantitative estimate of drug-likeness (QED) is 0.526. The summed E-state index contributed by atoms with van der Waals surface area (Å²) in [6.07, 6.45) is 5.76. The van der Waals surface area contributed by atoms with E-state index in [9.17, 15) is 13.2 Å². The Bertz CT molecular complexity index is 842. The van der Waals surface area contributed by atoms with Crippen molar-refractivity contribution in [3.8, 4) is 11.8 Å². The van der Waals surface area contributed by atoms with Crippen molar-refractivity contribution in [2.24, 2.45) is 11.8 Å². The Morgan fingerprint density at radius 2 is 1.76 bits per heavy atom. The Morgan fingerprint density at radius 3 is 2.44 bits per heavy atom. The van der Waals surface area contributed by atoms with E-state index in [1.165, 1.54) is 0 Å². The zero-order chi connectivity index (χ0) is 17.7. The van der Waals surface area contributed by atoms with Gasteiger partial charge in [0.1, 0.15) is 11.6 Å². The summed E-state index contributed by atoms with van der Waals surface area (Å²) in [7, 11) is 0. The molecular weight excluding hydrogens is 321 g/mol. The van der Waals surface area contributed by atoms with Crippen molar-refractivity contribution < 1.29 is 13.2 Å². The Hall–Kier alpha value is -1.95. The molecule has 1 aromatic rings. The van der Waals surface area contributed by atoms with Crippen LogP contribution in [0.1, 0.15) is 68.1 Å². The molecule has 2 unspecified atom stereocenters. The number of hydrogen-bond donors (Lipinski definition) is 0. The first-order valence-electron chi connectivity index (χ1n) is 9.05. The fraction of sp³-hybridized carbons (Fsp3) is 0.455. The molecule has 25 heavy (non-hydrogen) atoms. The normalized spacial score (nSPS) is 30.5. The number of benzene rings is 1. The molecule has 0 aromatic heterocycles. The van der Waals surface area contributed by atoms with Crippen molar-refractivity contribution in [3.05, 3.63) is 57.9 Å². The molecule has 0 aliphatic heterocycles. The van der Waals surface area contributed by atoms with Gasteiger partial charge in [-0.2, -0.15) is 0 Å². The second-order valence-corrected chi connectivity index (χ2v) is 7.55. The average Bonchev–Trinajstić information content (AvgIpc) is 2.58. The maximum atomic E-state index is 14.8. The van der Waals surface area contributed by atoms with Gasteiger partial charge in [-0.1, -0.05) is 37.8 Å². The molecule has 0 nitrogen and oxygen atoms in total. The van der Waals surface area contributed by atoms with Crippen LogP contribution in [0.2, 0.25) is 0 Å². The summed E-state index contributed by atoms with van der Waals surface area (Å²) in [6.45, 7) is 3.83. The van der Waals surface area contributed by atoms with Gasteiger partial charge < -0.3 is 0 Å². The highest BCUT2D eigenvalue weighted by molar-refractivity contribution is 5.60. The Balaban J connectivity index is 1.73. The Morgan fingerprint density at radius 1 is 1.04 bits per heavy atom. The van der Waals surface area contributed by atoms with Crippen LogP contribution >= 0.6 is 0 Å². The summed E-state index contributed by atoms with van der Waals surface area (Å²) in [5, 5.41) is 0. The molecule has 0 heterocycles. The van der Waals surface area contributed by atoms with E-state index in [0.29, 0.717) is 11.5 Å². The fourth-order valence-electron chi connectivity index (χ4n) is 4.61. The van der Waals surface area contributed by atoms with E-state index in [1.54, 1.807) is 13.0 Å². The zero-order valence-electron chi connectivity index (χ0n) is 14.5. The van der Waals surface area contributed by atoms with Crippen LogP contribution in [0, 0.1) is 29.5 Å². The number of fused-ring (bicyclic) bond motifs is 4. The minimum Gasteiger partial charge on any atom is -0.208 e. The topological polar surface area (TPSA) is 0 Å². The smallest absolute Gasteiger partial charge is 0.158 e. The third kappa shape index (κ3) is 2.46. The summed E-state index contributed by atoms with van der Waals surface area (Å²) in [6, 6.07) is 3.45. The largest absolute Gasteiger partial charge is 0.208 e. The molecule has 130 valence electrons. The second-order valence-electron chi connectivity index (χ2n) is 7.55. The maximum absolute atomic E-state index is 14.8. The molecule has 2 atom stereocenters. The van der Waals surface area contributed by atoms with E-state index < -0.39 is 23.4 Å². The molecule has 3 aliphatic rings. The first kappa shape index (κ1) is 16.5. The van der Waals surface area contributed by atoms with E-state index in [-0.39, 0.29) is 23.0 Å². The van der Waals surface area contributed by atoms with Gasteiger partial charge >= 0.3 is 0 Å². The average molecular weight is 342 g/mol. The lowest BCUT2D eigenvalue weighted by Crippen LogP contribution is -2.30. The standard InChI is InChI=1S/C22H21F3/c1-3-4-14-9-10-15-17-11-16(13-7-5-12(2)6-8-13)21(24)22(25)19(17)18(15)20(14)23/h9-13,17,19H,5-8H2,1-2H3. The van der Waals surface area contributed by atoms with E-state index in [2.05, 4.69) is 18.8 Å². The summed E-state index contributed by atoms with van der Waals surface area (Å²) in [5.41, 5.74) is 1.82. The Kier molecular flexibility index (Phi) is 4.02. The van der Waals surface area contributed by atoms with Gasteiger partial charge in [0.2, 0.25) is 0 Å². The van der Waals surface area contributed by atoms with Crippen LogP contribution in [0.25, 0.3) is 0 Å². The summed E-state index contributed by atoms with van der Waals surface area (Å²) in [4.78, 5) is 0. The zero-order valence-corrected chi connectivity index (χ0v) is 14.5. The van der Waals surface area contributed by atoms with Gasteiger partial charge in [0.05, 0.1) is 11.5 Å². The minimum atomic E-state index is -0.820. The van der Waals surface area contributed by atoms with E-state index >= 15 is 0 Å². The van der Waals surface area contributed by atoms with E-state index in [0.717, 1.165) is 31.2 Å². The first-order chi connectivity index (χ1) is 12.0. The number of rotatable bonds is 1. The lowest BCUT2D eigenvalue weighted by molar-refractivity contribution is 0.307. The van der Waals surface area contributed by atoms with E-state index in [4.69, 9.17) is 0 Å². The molecule has 3 aliphatic carbocycles. The summed E-state index contributed by atoms with van der Waals surface area (Å²) < 4.78 is 44.2. The predicted octanol–water partition coefficient (Wildman–Crippen LogP) is 6.29. The van der Waals surface area contributed by atoms with Gasteiger partial charge in [0, 0.05) is 11.5 Å². The Labute approximate surface area is 146 Å². The first-order valence-corrected chi connectivity index (χ1v) is 9.05. The molecule has 4 rings (SSSR count).